The number of thioether (sulfide) groups is 1. The van der Waals surface area contributed by atoms with E-state index < -0.39 is 0 Å². The fourth-order valence-corrected chi connectivity index (χ4v) is 2.79. The van der Waals surface area contributed by atoms with Crippen LogP contribution in [0.4, 0.5) is 5.95 Å². The number of methoxy groups -OCH3 is 2. The second-order valence-corrected chi connectivity index (χ2v) is 5.58. The first-order chi connectivity index (χ1) is 11.6. The Bertz CT molecular complexity index is 702. The summed E-state index contributed by atoms with van der Waals surface area (Å²) in [6.45, 7) is 2.10. The Hall–Kier alpha value is -2.48. The van der Waals surface area contributed by atoms with Gasteiger partial charge in [0.2, 0.25) is 5.95 Å². The van der Waals surface area contributed by atoms with Crippen molar-refractivity contribution in [3.8, 4) is 22.8 Å². The van der Waals surface area contributed by atoms with Gasteiger partial charge in [-0.1, -0.05) is 17.8 Å². The molecule has 0 amide bonds. The van der Waals surface area contributed by atoms with E-state index in [1.54, 1.807) is 27.2 Å². The number of rotatable bonds is 7. The smallest absolute Gasteiger partial charge is 0.316 e. The molecule has 1 aromatic heterocycles. The molecule has 128 valence electrons. The molecule has 1 aromatic carbocycles. The van der Waals surface area contributed by atoms with Crippen molar-refractivity contribution in [1.82, 2.24) is 9.97 Å². The van der Waals surface area contributed by atoms with Gasteiger partial charge in [-0.3, -0.25) is 4.79 Å². The van der Waals surface area contributed by atoms with Crippen molar-refractivity contribution in [3.63, 3.8) is 0 Å². The van der Waals surface area contributed by atoms with Crippen LogP contribution in [0.2, 0.25) is 0 Å². The van der Waals surface area contributed by atoms with Crippen molar-refractivity contribution in [2.75, 3.05) is 32.3 Å². The van der Waals surface area contributed by atoms with Gasteiger partial charge in [0, 0.05) is 0 Å². The zero-order valence-electron chi connectivity index (χ0n) is 13.7. The summed E-state index contributed by atoms with van der Waals surface area (Å²) in [4.78, 5) is 19.9. The van der Waals surface area contributed by atoms with Gasteiger partial charge in [-0.15, -0.1) is 0 Å². The number of nitrogens with two attached hydrogens (primary N) is 1. The second-order valence-electron chi connectivity index (χ2n) is 4.58. The van der Waals surface area contributed by atoms with Gasteiger partial charge >= 0.3 is 5.97 Å². The van der Waals surface area contributed by atoms with E-state index in [1.807, 2.05) is 18.2 Å². The van der Waals surface area contributed by atoms with E-state index >= 15 is 0 Å². The maximum Gasteiger partial charge on any atom is 0.316 e. The molecule has 24 heavy (non-hydrogen) atoms. The second kappa shape index (κ2) is 8.39. The van der Waals surface area contributed by atoms with E-state index in [1.165, 1.54) is 11.8 Å². The molecule has 0 spiro atoms. The Morgan fingerprint density at radius 1 is 1.21 bits per heavy atom. The average Bonchev–Trinajstić information content (AvgIpc) is 2.59. The summed E-state index contributed by atoms with van der Waals surface area (Å²) in [5.74, 6) is 1.15. The lowest BCUT2D eigenvalue weighted by Gasteiger charge is -2.13. The fourth-order valence-electron chi connectivity index (χ4n) is 2.08. The molecular weight excluding hydrogens is 330 g/mol. The molecule has 7 nitrogen and oxygen atoms in total. The quantitative estimate of drug-likeness (QED) is 0.462. The van der Waals surface area contributed by atoms with Crippen LogP contribution in [-0.2, 0) is 9.53 Å². The summed E-state index contributed by atoms with van der Waals surface area (Å²) in [5, 5.41) is 0.568. The molecule has 0 unspecified atom stereocenters. The Morgan fingerprint density at radius 2 is 1.88 bits per heavy atom. The summed E-state index contributed by atoms with van der Waals surface area (Å²) >= 11 is 1.23. The lowest BCUT2D eigenvalue weighted by atomic mass is 10.1. The van der Waals surface area contributed by atoms with E-state index in [-0.39, 0.29) is 17.7 Å². The molecule has 0 saturated carbocycles. The molecular formula is C16H19N3O4S. The van der Waals surface area contributed by atoms with E-state index in [4.69, 9.17) is 19.9 Å². The Balaban J connectivity index is 2.37. The van der Waals surface area contributed by atoms with Gasteiger partial charge in [0.25, 0.3) is 0 Å². The third kappa shape index (κ3) is 4.29. The molecule has 1 heterocycles. The first-order valence-corrected chi connectivity index (χ1v) is 8.22. The number of esters is 1. The van der Waals surface area contributed by atoms with Crippen LogP contribution in [-0.4, -0.2) is 42.5 Å². The number of nitrogens with zero attached hydrogens (tertiary/aromatic N) is 2. The number of anilines is 1. The van der Waals surface area contributed by atoms with E-state index in [0.717, 1.165) is 0 Å². The fraction of sp³-hybridized carbons (Fsp3) is 0.312. The molecule has 0 atom stereocenters. The monoisotopic (exact) mass is 349 g/mol. The van der Waals surface area contributed by atoms with Crippen LogP contribution >= 0.6 is 11.8 Å². The van der Waals surface area contributed by atoms with Crippen LogP contribution < -0.4 is 15.2 Å². The highest BCUT2D eigenvalue weighted by molar-refractivity contribution is 7.99. The number of benzene rings is 1. The van der Waals surface area contributed by atoms with Crippen LogP contribution in [0, 0.1) is 0 Å². The molecule has 2 N–H and O–H groups in total. The van der Waals surface area contributed by atoms with Crippen molar-refractivity contribution >= 4 is 23.7 Å². The first kappa shape index (κ1) is 17.9. The van der Waals surface area contributed by atoms with E-state index in [9.17, 15) is 4.79 Å². The van der Waals surface area contributed by atoms with Gasteiger partial charge in [-0.2, -0.15) is 0 Å². The number of nitrogen functional groups attached to an aromatic ring is 1. The van der Waals surface area contributed by atoms with Gasteiger partial charge in [0.05, 0.1) is 37.8 Å². The normalized spacial score (nSPS) is 10.3. The van der Waals surface area contributed by atoms with Gasteiger partial charge in [-0.25, -0.2) is 9.97 Å². The number of carbonyl (C=O) groups excluding carboxylic acids is 1. The third-order valence-electron chi connectivity index (χ3n) is 3.05. The Labute approximate surface area is 144 Å². The molecule has 0 aliphatic rings. The zero-order chi connectivity index (χ0) is 17.5. The number of hydrogen-bond donors (Lipinski definition) is 1. The lowest BCUT2D eigenvalue weighted by molar-refractivity contribution is -0.139. The van der Waals surface area contributed by atoms with Gasteiger partial charge < -0.3 is 19.9 Å². The minimum absolute atomic E-state index is 0.104. The molecule has 0 radical (unpaired) electrons. The highest BCUT2D eigenvalue weighted by Crippen LogP contribution is 2.38. The topological polar surface area (TPSA) is 96.6 Å². The molecule has 0 bridgehead atoms. The standard InChI is InChI=1S/C16H19N3O4S/c1-4-23-14(20)9-24-13-8-10(18-16(17)19-13)15-11(21-2)6-5-7-12(15)22-3/h5-8H,4,9H2,1-3H3,(H2,17,18,19). The van der Waals surface area contributed by atoms with Crippen LogP contribution in [0.3, 0.4) is 0 Å². The van der Waals surface area contributed by atoms with Crippen molar-refractivity contribution in [2.45, 2.75) is 11.9 Å². The van der Waals surface area contributed by atoms with Crippen LogP contribution in [0.5, 0.6) is 11.5 Å². The predicted octanol–water partition coefficient (Wildman–Crippen LogP) is 2.40. The molecule has 0 saturated heterocycles. The highest BCUT2D eigenvalue weighted by atomic mass is 32.2. The van der Waals surface area contributed by atoms with Crippen LogP contribution in [0.25, 0.3) is 11.3 Å². The maximum absolute atomic E-state index is 11.5. The first-order valence-electron chi connectivity index (χ1n) is 7.23. The van der Waals surface area contributed by atoms with Crippen molar-refractivity contribution in [2.24, 2.45) is 0 Å². The molecule has 0 fully saturated rings. The molecule has 0 aliphatic carbocycles. The molecule has 8 heteroatoms. The third-order valence-corrected chi connectivity index (χ3v) is 3.93. The summed E-state index contributed by atoms with van der Waals surface area (Å²) in [6.07, 6.45) is 0. The van der Waals surface area contributed by atoms with Crippen molar-refractivity contribution < 1.29 is 19.0 Å². The minimum atomic E-state index is -0.309. The SMILES string of the molecule is CCOC(=O)CSc1cc(-c2c(OC)cccc2OC)nc(N)n1. The highest BCUT2D eigenvalue weighted by Gasteiger charge is 2.16. The van der Waals surface area contributed by atoms with Crippen molar-refractivity contribution in [1.29, 1.82) is 0 Å². The average molecular weight is 349 g/mol. The van der Waals surface area contributed by atoms with Crippen molar-refractivity contribution in [3.05, 3.63) is 24.3 Å². The van der Waals surface area contributed by atoms with E-state index in [2.05, 4.69) is 9.97 Å². The van der Waals surface area contributed by atoms with Crippen LogP contribution in [0.1, 0.15) is 6.92 Å². The summed E-state index contributed by atoms with van der Waals surface area (Å²) in [5.41, 5.74) is 7.05. The maximum atomic E-state index is 11.5. The van der Waals surface area contributed by atoms with Gasteiger partial charge in [-0.05, 0) is 25.1 Å². The Kier molecular flexibility index (Phi) is 6.25. The number of aromatic nitrogens is 2. The molecule has 0 aliphatic heterocycles. The predicted molar refractivity (Wildman–Crippen MR) is 92.3 cm³/mol. The summed E-state index contributed by atoms with van der Waals surface area (Å²) in [6, 6.07) is 7.17. The number of carbonyl (C=O) groups is 1. The number of hydrogen-bond acceptors (Lipinski definition) is 8. The number of ether oxygens (including phenoxy) is 3. The van der Waals surface area contributed by atoms with Crippen LogP contribution in [0.15, 0.2) is 29.3 Å². The van der Waals surface area contributed by atoms with Gasteiger partial charge in [0.1, 0.15) is 16.5 Å². The largest absolute Gasteiger partial charge is 0.496 e. The lowest BCUT2D eigenvalue weighted by Crippen LogP contribution is -2.07. The Morgan fingerprint density at radius 3 is 2.46 bits per heavy atom. The summed E-state index contributed by atoms with van der Waals surface area (Å²) < 4.78 is 15.7. The van der Waals surface area contributed by atoms with Gasteiger partial charge in [0.15, 0.2) is 0 Å². The molecule has 2 rings (SSSR count). The summed E-state index contributed by atoms with van der Waals surface area (Å²) in [7, 11) is 3.14. The molecule has 2 aromatic rings. The van der Waals surface area contributed by atoms with E-state index in [0.29, 0.717) is 34.4 Å². The minimum Gasteiger partial charge on any atom is -0.496 e. The zero-order valence-corrected chi connectivity index (χ0v) is 14.6.